The number of rotatable bonds is 5. The Kier molecular flexibility index (Phi) is 5.63. The Morgan fingerprint density at radius 2 is 1.78 bits per heavy atom. The lowest BCUT2D eigenvalue weighted by molar-refractivity contribution is 0.187. The van der Waals surface area contributed by atoms with Crippen LogP contribution >= 0.6 is 0 Å². The van der Waals surface area contributed by atoms with E-state index < -0.39 is 6.09 Å². The summed E-state index contributed by atoms with van der Waals surface area (Å²) in [5, 5.41) is 12.2. The first kappa shape index (κ1) is 17.9. The topological polar surface area (TPSA) is 110 Å². The maximum absolute atomic E-state index is 12.1. The Morgan fingerprint density at radius 1 is 1.04 bits per heavy atom. The van der Waals surface area contributed by atoms with E-state index in [9.17, 15) is 9.59 Å². The molecule has 0 aliphatic rings. The molecule has 0 atom stereocenters. The van der Waals surface area contributed by atoms with Crippen LogP contribution in [0.4, 0.5) is 21.0 Å². The first-order chi connectivity index (χ1) is 13.2. The number of nitrogens with zero attached hydrogens (tertiary/aromatic N) is 3. The third-order valence-corrected chi connectivity index (χ3v) is 3.60. The van der Waals surface area contributed by atoms with E-state index >= 15 is 0 Å². The molecule has 0 bridgehead atoms. The van der Waals surface area contributed by atoms with Crippen molar-refractivity contribution in [2.75, 3.05) is 17.7 Å². The number of aromatic nitrogens is 3. The Hall–Kier alpha value is -3.88. The summed E-state index contributed by atoms with van der Waals surface area (Å²) in [5.41, 5.74) is 1.97. The van der Waals surface area contributed by atoms with E-state index in [1.165, 1.54) is 7.11 Å². The highest BCUT2D eigenvalue weighted by molar-refractivity contribution is 5.90. The standard InChI is InChI=1S/C18H18N6O3/c1-27-18(26)23-15-7-5-14(6-8-15)22-17(25)20-12-13-4-2-9-19-16(13)24-11-3-10-21-24/h2-11H,12H2,1H3,(H,23,26)(H2,20,22,25). The fourth-order valence-electron chi connectivity index (χ4n) is 2.33. The molecule has 3 N–H and O–H groups in total. The minimum atomic E-state index is -0.557. The molecule has 2 heterocycles. The molecule has 1 aromatic carbocycles. The summed E-state index contributed by atoms with van der Waals surface area (Å²) < 4.78 is 6.16. The number of amides is 3. The number of hydrogen-bond donors (Lipinski definition) is 3. The van der Waals surface area contributed by atoms with E-state index in [-0.39, 0.29) is 12.6 Å². The lowest BCUT2D eigenvalue weighted by atomic mass is 10.2. The van der Waals surface area contributed by atoms with E-state index in [4.69, 9.17) is 0 Å². The van der Waals surface area contributed by atoms with Gasteiger partial charge in [0, 0.05) is 42.1 Å². The van der Waals surface area contributed by atoms with E-state index in [0.717, 1.165) is 5.56 Å². The van der Waals surface area contributed by atoms with Crippen molar-refractivity contribution in [3.8, 4) is 5.82 Å². The minimum Gasteiger partial charge on any atom is -0.453 e. The SMILES string of the molecule is COC(=O)Nc1ccc(NC(=O)NCc2cccnc2-n2cccn2)cc1. The summed E-state index contributed by atoms with van der Waals surface area (Å²) in [6.07, 6.45) is 4.57. The molecule has 0 spiro atoms. The number of hydrogen-bond acceptors (Lipinski definition) is 5. The Morgan fingerprint density at radius 3 is 2.44 bits per heavy atom. The summed E-state index contributed by atoms with van der Waals surface area (Å²) in [6, 6.07) is 11.8. The summed E-state index contributed by atoms with van der Waals surface area (Å²) in [7, 11) is 1.29. The first-order valence-corrected chi connectivity index (χ1v) is 8.09. The average molecular weight is 366 g/mol. The monoisotopic (exact) mass is 366 g/mol. The Bertz CT molecular complexity index is 909. The van der Waals surface area contributed by atoms with Crippen LogP contribution in [0.3, 0.4) is 0 Å². The van der Waals surface area contributed by atoms with Gasteiger partial charge in [0.05, 0.1) is 7.11 Å². The Labute approximate surface area is 155 Å². The largest absolute Gasteiger partial charge is 0.453 e. The van der Waals surface area contributed by atoms with Gasteiger partial charge in [-0.15, -0.1) is 0 Å². The van der Waals surface area contributed by atoms with Crippen LogP contribution in [0.15, 0.2) is 61.1 Å². The molecule has 0 aliphatic carbocycles. The van der Waals surface area contributed by atoms with Crippen molar-refractivity contribution in [1.29, 1.82) is 0 Å². The second kappa shape index (κ2) is 8.48. The molecule has 3 amide bonds. The van der Waals surface area contributed by atoms with Gasteiger partial charge in [0.2, 0.25) is 0 Å². The van der Waals surface area contributed by atoms with Gasteiger partial charge >= 0.3 is 12.1 Å². The lowest BCUT2D eigenvalue weighted by Crippen LogP contribution is -2.28. The van der Waals surface area contributed by atoms with Gasteiger partial charge < -0.3 is 15.4 Å². The highest BCUT2D eigenvalue weighted by Gasteiger charge is 2.08. The van der Waals surface area contributed by atoms with Gasteiger partial charge in [-0.3, -0.25) is 5.32 Å². The number of urea groups is 1. The molecule has 0 radical (unpaired) electrons. The third-order valence-electron chi connectivity index (χ3n) is 3.60. The minimum absolute atomic E-state index is 0.289. The molecule has 0 aliphatic heterocycles. The zero-order chi connectivity index (χ0) is 19.1. The maximum atomic E-state index is 12.1. The smallest absolute Gasteiger partial charge is 0.411 e. The molecule has 0 saturated heterocycles. The second-order valence-corrected chi connectivity index (χ2v) is 5.44. The predicted molar refractivity (Wildman–Crippen MR) is 99.7 cm³/mol. The predicted octanol–water partition coefficient (Wildman–Crippen LogP) is 2.77. The maximum Gasteiger partial charge on any atom is 0.411 e. The molecular weight excluding hydrogens is 348 g/mol. The van der Waals surface area contributed by atoms with Crippen molar-refractivity contribution >= 4 is 23.5 Å². The number of methoxy groups -OCH3 is 1. The van der Waals surface area contributed by atoms with Gasteiger partial charge in [-0.1, -0.05) is 6.07 Å². The van der Waals surface area contributed by atoms with Crippen LogP contribution in [0.1, 0.15) is 5.56 Å². The molecule has 3 rings (SSSR count). The molecule has 27 heavy (non-hydrogen) atoms. The summed E-state index contributed by atoms with van der Waals surface area (Å²) in [6.45, 7) is 0.289. The molecule has 0 fully saturated rings. The van der Waals surface area contributed by atoms with Gasteiger partial charge in [-0.2, -0.15) is 5.10 Å². The van der Waals surface area contributed by atoms with Crippen molar-refractivity contribution in [3.63, 3.8) is 0 Å². The van der Waals surface area contributed by atoms with Gasteiger partial charge in [0.15, 0.2) is 5.82 Å². The molecule has 9 nitrogen and oxygen atoms in total. The zero-order valence-electron chi connectivity index (χ0n) is 14.5. The van der Waals surface area contributed by atoms with E-state index in [1.807, 2.05) is 6.07 Å². The number of anilines is 2. The van der Waals surface area contributed by atoms with Crippen LogP contribution in [-0.2, 0) is 11.3 Å². The summed E-state index contributed by atoms with van der Waals surface area (Å²) >= 11 is 0. The van der Waals surface area contributed by atoms with Crippen molar-refractivity contribution in [2.45, 2.75) is 6.54 Å². The van der Waals surface area contributed by atoms with Crippen molar-refractivity contribution < 1.29 is 14.3 Å². The Balaban J connectivity index is 1.57. The van der Waals surface area contributed by atoms with E-state index in [2.05, 4.69) is 30.8 Å². The summed E-state index contributed by atoms with van der Waals surface area (Å²) in [4.78, 5) is 27.6. The summed E-state index contributed by atoms with van der Waals surface area (Å²) in [5.74, 6) is 0.654. The number of pyridine rings is 1. The highest BCUT2D eigenvalue weighted by Crippen LogP contribution is 2.14. The van der Waals surface area contributed by atoms with Gasteiger partial charge in [0.1, 0.15) is 0 Å². The van der Waals surface area contributed by atoms with Crippen molar-refractivity contribution in [2.24, 2.45) is 0 Å². The van der Waals surface area contributed by atoms with E-state index in [1.54, 1.807) is 59.7 Å². The third kappa shape index (κ3) is 4.82. The molecule has 0 saturated carbocycles. The van der Waals surface area contributed by atoms with Gasteiger partial charge in [-0.05, 0) is 36.4 Å². The molecule has 2 aromatic heterocycles. The normalized spacial score (nSPS) is 10.1. The van der Waals surface area contributed by atoms with Crippen LogP contribution in [0.5, 0.6) is 0 Å². The lowest BCUT2D eigenvalue weighted by Gasteiger charge is -2.11. The first-order valence-electron chi connectivity index (χ1n) is 8.09. The number of carbonyl (C=O) groups is 2. The van der Waals surface area contributed by atoms with Crippen molar-refractivity contribution in [3.05, 3.63) is 66.6 Å². The van der Waals surface area contributed by atoms with Crippen molar-refractivity contribution in [1.82, 2.24) is 20.1 Å². The molecule has 0 unspecified atom stereocenters. The molecule has 9 heteroatoms. The fraction of sp³-hybridized carbons (Fsp3) is 0.111. The van der Waals surface area contributed by atoms with Gasteiger partial charge in [-0.25, -0.2) is 19.3 Å². The zero-order valence-corrected chi connectivity index (χ0v) is 14.5. The molecule has 3 aromatic rings. The average Bonchev–Trinajstić information content (AvgIpc) is 3.22. The van der Waals surface area contributed by atoms with Crippen LogP contribution in [0.25, 0.3) is 5.82 Å². The molecule has 138 valence electrons. The highest BCUT2D eigenvalue weighted by atomic mass is 16.5. The number of carbonyl (C=O) groups excluding carboxylic acids is 2. The van der Waals surface area contributed by atoms with Crippen LogP contribution in [-0.4, -0.2) is 34.0 Å². The van der Waals surface area contributed by atoms with Crippen LogP contribution < -0.4 is 16.0 Å². The fourth-order valence-corrected chi connectivity index (χ4v) is 2.33. The number of ether oxygens (including phenoxy) is 1. The number of nitrogens with one attached hydrogen (secondary N) is 3. The van der Waals surface area contributed by atoms with Crippen LogP contribution in [0, 0.1) is 0 Å². The quantitative estimate of drug-likeness (QED) is 0.643. The van der Waals surface area contributed by atoms with Gasteiger partial charge in [0.25, 0.3) is 0 Å². The van der Waals surface area contributed by atoms with E-state index in [0.29, 0.717) is 17.2 Å². The second-order valence-electron chi connectivity index (χ2n) is 5.44. The number of benzene rings is 1. The van der Waals surface area contributed by atoms with Crippen LogP contribution in [0.2, 0.25) is 0 Å². The molecular formula is C18H18N6O3.